The van der Waals surface area contributed by atoms with E-state index >= 15 is 0 Å². The van der Waals surface area contributed by atoms with E-state index in [1.807, 2.05) is 0 Å². The molecule has 1 amide bonds. The summed E-state index contributed by atoms with van der Waals surface area (Å²) < 4.78 is 0. The fourth-order valence-corrected chi connectivity index (χ4v) is 1.16. The van der Waals surface area contributed by atoms with Crippen LogP contribution in [0.4, 0.5) is 0 Å². The summed E-state index contributed by atoms with van der Waals surface area (Å²) in [7, 11) is 0. The molecule has 0 aromatic rings. The molecule has 1 rings (SSSR count). The van der Waals surface area contributed by atoms with Gasteiger partial charge in [0.05, 0.1) is 12.5 Å². The summed E-state index contributed by atoms with van der Waals surface area (Å²) in [5.41, 5.74) is 4.81. The number of nitrogens with two attached hydrogens (primary N) is 1. The molecule has 0 aromatic heterocycles. The van der Waals surface area contributed by atoms with E-state index in [2.05, 4.69) is 0 Å². The molecule has 62 valence electrons. The topological polar surface area (TPSA) is 80.4 Å². The molecule has 0 spiro atoms. The van der Waals surface area contributed by atoms with Crippen LogP contribution in [0.5, 0.6) is 0 Å². The normalized spacial score (nSPS) is 29.2. The van der Waals surface area contributed by atoms with Gasteiger partial charge in [-0.25, -0.2) is 0 Å². The van der Waals surface area contributed by atoms with E-state index in [4.69, 9.17) is 10.8 Å². The molecule has 4 heteroatoms. The Morgan fingerprint density at radius 3 is 2.36 bits per heavy atom. The van der Waals surface area contributed by atoms with Crippen molar-refractivity contribution in [2.45, 2.75) is 25.4 Å². The van der Waals surface area contributed by atoms with E-state index in [1.54, 1.807) is 0 Å². The Balaban J connectivity index is 2.36. The van der Waals surface area contributed by atoms with Gasteiger partial charge in [0.2, 0.25) is 5.91 Å². The SMILES string of the molecule is NC(=O)CC(=O)C1CCC1O. The molecule has 1 fully saturated rings. The fraction of sp³-hybridized carbons (Fsp3) is 0.714. The van der Waals surface area contributed by atoms with E-state index < -0.39 is 12.0 Å². The maximum Gasteiger partial charge on any atom is 0.224 e. The van der Waals surface area contributed by atoms with Crippen molar-refractivity contribution in [1.29, 1.82) is 0 Å². The van der Waals surface area contributed by atoms with Gasteiger partial charge in [0.25, 0.3) is 0 Å². The second-order valence-corrected chi connectivity index (χ2v) is 2.86. The van der Waals surface area contributed by atoms with Gasteiger partial charge in [-0.3, -0.25) is 9.59 Å². The quantitative estimate of drug-likeness (QED) is 0.526. The second-order valence-electron chi connectivity index (χ2n) is 2.86. The Morgan fingerprint density at radius 1 is 1.45 bits per heavy atom. The first-order chi connectivity index (χ1) is 5.11. The summed E-state index contributed by atoms with van der Waals surface area (Å²) in [6.07, 6.45) is 0.575. The summed E-state index contributed by atoms with van der Waals surface area (Å²) in [6, 6.07) is 0. The highest BCUT2D eigenvalue weighted by Crippen LogP contribution is 2.28. The van der Waals surface area contributed by atoms with Crippen molar-refractivity contribution in [1.82, 2.24) is 0 Å². The van der Waals surface area contributed by atoms with Crippen LogP contribution < -0.4 is 5.73 Å². The Morgan fingerprint density at radius 2 is 2.09 bits per heavy atom. The highest BCUT2D eigenvalue weighted by molar-refractivity contribution is 5.98. The van der Waals surface area contributed by atoms with Crippen LogP contribution in [-0.4, -0.2) is 22.9 Å². The van der Waals surface area contributed by atoms with E-state index in [1.165, 1.54) is 0 Å². The molecule has 11 heavy (non-hydrogen) atoms. The van der Waals surface area contributed by atoms with E-state index in [0.717, 1.165) is 0 Å². The number of Topliss-reactive ketones (excluding diaryl/α,β-unsaturated/α-hetero) is 1. The van der Waals surface area contributed by atoms with E-state index in [0.29, 0.717) is 12.8 Å². The molecule has 0 bridgehead atoms. The number of hydrogen-bond acceptors (Lipinski definition) is 3. The Kier molecular flexibility index (Phi) is 2.24. The third-order valence-corrected chi connectivity index (χ3v) is 2.00. The van der Waals surface area contributed by atoms with Crippen LogP contribution in [0.2, 0.25) is 0 Å². The number of carbonyl (C=O) groups excluding carboxylic acids is 2. The number of rotatable bonds is 3. The Hall–Kier alpha value is -0.900. The third-order valence-electron chi connectivity index (χ3n) is 2.00. The fourth-order valence-electron chi connectivity index (χ4n) is 1.16. The van der Waals surface area contributed by atoms with Crippen LogP contribution >= 0.6 is 0 Å². The minimum absolute atomic E-state index is 0.226. The van der Waals surface area contributed by atoms with E-state index in [9.17, 15) is 9.59 Å². The highest BCUT2D eigenvalue weighted by Gasteiger charge is 2.34. The maximum absolute atomic E-state index is 11.0. The van der Waals surface area contributed by atoms with Crippen LogP contribution in [0.3, 0.4) is 0 Å². The number of primary amides is 1. The van der Waals surface area contributed by atoms with Gasteiger partial charge in [-0.2, -0.15) is 0 Å². The monoisotopic (exact) mass is 157 g/mol. The summed E-state index contributed by atoms with van der Waals surface area (Å²) >= 11 is 0. The molecule has 0 saturated heterocycles. The summed E-state index contributed by atoms with van der Waals surface area (Å²) in [5.74, 6) is -1.17. The van der Waals surface area contributed by atoms with Crippen molar-refractivity contribution in [2.75, 3.05) is 0 Å². The molecule has 0 heterocycles. The molecule has 1 aliphatic carbocycles. The minimum Gasteiger partial charge on any atom is -0.392 e. The van der Waals surface area contributed by atoms with Crippen LogP contribution in [0, 0.1) is 5.92 Å². The number of ketones is 1. The Labute approximate surface area is 64.4 Å². The molecule has 0 radical (unpaired) electrons. The zero-order valence-electron chi connectivity index (χ0n) is 6.12. The van der Waals surface area contributed by atoms with Crippen LogP contribution in [0.15, 0.2) is 0 Å². The van der Waals surface area contributed by atoms with Crippen molar-refractivity contribution in [3.8, 4) is 0 Å². The molecule has 4 nitrogen and oxygen atoms in total. The van der Waals surface area contributed by atoms with Gasteiger partial charge in [-0.05, 0) is 12.8 Å². The number of hydrogen-bond donors (Lipinski definition) is 2. The minimum atomic E-state index is -0.617. The lowest BCUT2D eigenvalue weighted by atomic mass is 9.78. The largest absolute Gasteiger partial charge is 0.392 e. The van der Waals surface area contributed by atoms with E-state index in [-0.39, 0.29) is 18.1 Å². The molecule has 2 atom stereocenters. The van der Waals surface area contributed by atoms with Gasteiger partial charge in [0.1, 0.15) is 5.78 Å². The lowest BCUT2D eigenvalue weighted by molar-refractivity contribution is -0.135. The van der Waals surface area contributed by atoms with Crippen molar-refractivity contribution >= 4 is 11.7 Å². The molecule has 3 N–H and O–H groups in total. The number of aliphatic hydroxyl groups excluding tert-OH is 1. The third kappa shape index (κ3) is 1.77. The first-order valence-corrected chi connectivity index (χ1v) is 3.60. The van der Waals surface area contributed by atoms with Gasteiger partial charge in [0.15, 0.2) is 0 Å². The predicted molar refractivity (Wildman–Crippen MR) is 37.5 cm³/mol. The molecular weight excluding hydrogens is 146 g/mol. The highest BCUT2D eigenvalue weighted by atomic mass is 16.3. The van der Waals surface area contributed by atoms with Crippen LogP contribution in [-0.2, 0) is 9.59 Å². The Bertz CT molecular complexity index is 190. The van der Waals surface area contributed by atoms with Crippen LogP contribution in [0.1, 0.15) is 19.3 Å². The van der Waals surface area contributed by atoms with Crippen LogP contribution in [0.25, 0.3) is 0 Å². The lowest BCUT2D eigenvalue weighted by Crippen LogP contribution is -2.38. The van der Waals surface area contributed by atoms with Gasteiger partial charge in [0, 0.05) is 5.92 Å². The first-order valence-electron chi connectivity index (χ1n) is 3.60. The zero-order valence-corrected chi connectivity index (χ0v) is 6.12. The van der Waals surface area contributed by atoms with Gasteiger partial charge < -0.3 is 10.8 Å². The molecule has 1 aliphatic rings. The molecule has 1 saturated carbocycles. The average molecular weight is 157 g/mol. The number of amides is 1. The average Bonchev–Trinajstić information content (AvgIpc) is 1.82. The summed E-state index contributed by atoms with van der Waals surface area (Å²) in [6.45, 7) is 0. The van der Waals surface area contributed by atoms with Crippen molar-refractivity contribution in [3.05, 3.63) is 0 Å². The summed E-state index contributed by atoms with van der Waals surface area (Å²) in [5, 5.41) is 9.02. The molecule has 2 unspecified atom stereocenters. The summed E-state index contributed by atoms with van der Waals surface area (Å²) in [4.78, 5) is 21.3. The second kappa shape index (κ2) is 3.00. The first kappa shape index (κ1) is 8.20. The number of carbonyl (C=O) groups is 2. The molecular formula is C7H11NO3. The lowest BCUT2D eigenvalue weighted by Gasteiger charge is -2.30. The van der Waals surface area contributed by atoms with Crippen molar-refractivity contribution < 1.29 is 14.7 Å². The van der Waals surface area contributed by atoms with Gasteiger partial charge >= 0.3 is 0 Å². The predicted octanol–water partition coefficient (Wildman–Crippen LogP) is -0.798. The number of aliphatic hydroxyl groups is 1. The van der Waals surface area contributed by atoms with Gasteiger partial charge in [-0.15, -0.1) is 0 Å². The van der Waals surface area contributed by atoms with Crippen molar-refractivity contribution in [3.63, 3.8) is 0 Å². The smallest absolute Gasteiger partial charge is 0.224 e. The zero-order chi connectivity index (χ0) is 8.43. The molecule has 0 aliphatic heterocycles. The van der Waals surface area contributed by atoms with Gasteiger partial charge in [-0.1, -0.05) is 0 Å². The standard InChI is InChI=1S/C7H11NO3/c8-7(11)3-6(10)4-1-2-5(4)9/h4-5,9H,1-3H2,(H2,8,11). The maximum atomic E-state index is 11.0. The van der Waals surface area contributed by atoms with Crippen molar-refractivity contribution in [2.24, 2.45) is 11.7 Å². The molecule has 0 aromatic carbocycles.